The average molecular weight is 642 g/mol. The maximum atomic E-state index is 14.2. The molecule has 0 bridgehead atoms. The highest BCUT2D eigenvalue weighted by atomic mass is 16.5. The molecule has 246 valence electrons. The minimum atomic E-state index is -0.943. The van der Waals surface area contributed by atoms with E-state index in [1.165, 1.54) is 22.0 Å². The van der Waals surface area contributed by atoms with Crippen molar-refractivity contribution < 1.29 is 29.0 Å². The van der Waals surface area contributed by atoms with Crippen molar-refractivity contribution in [3.05, 3.63) is 108 Å². The molecule has 2 aliphatic heterocycles. The molecule has 3 N–H and O–H groups in total. The highest BCUT2D eigenvalue weighted by molar-refractivity contribution is 5.93. The van der Waals surface area contributed by atoms with E-state index in [-0.39, 0.29) is 68.3 Å². The van der Waals surface area contributed by atoms with Crippen molar-refractivity contribution in [2.45, 2.75) is 31.7 Å². The molecule has 2 saturated heterocycles. The Morgan fingerprint density at radius 2 is 1.79 bits per heavy atom. The lowest BCUT2D eigenvalue weighted by molar-refractivity contribution is -0.189. The van der Waals surface area contributed by atoms with Gasteiger partial charge in [0, 0.05) is 33.2 Å². The summed E-state index contributed by atoms with van der Waals surface area (Å²) in [5, 5.41) is 18.7. The maximum Gasteiger partial charge on any atom is 0.334 e. The van der Waals surface area contributed by atoms with Crippen molar-refractivity contribution in [2.75, 3.05) is 39.9 Å². The fraction of sp³-hybridized carbons (Fsp3) is 0.324. The average Bonchev–Trinajstić information content (AvgIpc) is 3.07. The van der Waals surface area contributed by atoms with E-state index in [2.05, 4.69) is 22.2 Å². The van der Waals surface area contributed by atoms with Crippen LogP contribution in [0.4, 0.5) is 4.79 Å². The third-order valence-corrected chi connectivity index (χ3v) is 8.01. The number of nitrogens with zero attached hydrogens (tertiary/aromatic N) is 5. The van der Waals surface area contributed by atoms with Gasteiger partial charge in [0.25, 0.3) is 5.91 Å². The number of benzene rings is 2. The summed E-state index contributed by atoms with van der Waals surface area (Å²) in [6, 6.07) is 19.6. The summed E-state index contributed by atoms with van der Waals surface area (Å²) >= 11 is 0. The van der Waals surface area contributed by atoms with Crippen LogP contribution in [0.1, 0.15) is 27.3 Å². The quantitative estimate of drug-likeness (QED) is 0.201. The van der Waals surface area contributed by atoms with Crippen molar-refractivity contribution in [1.29, 1.82) is 0 Å². The molecule has 2 aliphatic rings. The van der Waals surface area contributed by atoms with E-state index in [0.717, 1.165) is 11.1 Å². The number of aromatic nitrogens is 1. The molecule has 0 aliphatic carbocycles. The summed E-state index contributed by atoms with van der Waals surface area (Å²) in [7, 11) is 1.54. The predicted molar refractivity (Wildman–Crippen MR) is 172 cm³/mol. The number of rotatable bonds is 12. The third kappa shape index (κ3) is 7.94. The second-order valence-corrected chi connectivity index (χ2v) is 11.3. The number of fused-ring (bicyclic) bond motifs is 1. The molecule has 13 heteroatoms. The van der Waals surface area contributed by atoms with Gasteiger partial charge in [-0.3, -0.25) is 14.4 Å². The summed E-state index contributed by atoms with van der Waals surface area (Å²) in [5.74, 6) is -0.907. The Morgan fingerprint density at radius 3 is 2.51 bits per heavy atom. The van der Waals surface area contributed by atoms with Gasteiger partial charge in [-0.1, -0.05) is 54.6 Å². The van der Waals surface area contributed by atoms with Crippen LogP contribution in [0.15, 0.2) is 85.5 Å². The monoisotopic (exact) mass is 641 g/mol. The molecule has 13 nitrogen and oxygen atoms in total. The number of phenolic OH excluding ortho intramolecular Hbond substituents is 1. The van der Waals surface area contributed by atoms with Gasteiger partial charge in [0.05, 0.1) is 31.9 Å². The number of methoxy groups -OCH3 is 1. The number of urea groups is 1. The molecule has 47 heavy (non-hydrogen) atoms. The Balaban J connectivity index is 1.46. The zero-order valence-electron chi connectivity index (χ0n) is 26.2. The van der Waals surface area contributed by atoms with Crippen molar-refractivity contribution in [1.82, 2.24) is 35.4 Å². The van der Waals surface area contributed by atoms with E-state index in [0.29, 0.717) is 18.8 Å². The first-order chi connectivity index (χ1) is 22.8. The number of nitrogens with one attached hydrogen (secondary N) is 2. The number of piperazine rings is 1. The van der Waals surface area contributed by atoms with Crippen LogP contribution in [-0.4, -0.2) is 106 Å². The fourth-order valence-electron chi connectivity index (χ4n) is 5.80. The molecule has 0 unspecified atom stereocenters. The van der Waals surface area contributed by atoms with Gasteiger partial charge in [0.1, 0.15) is 23.7 Å². The number of hydrazine groups is 1. The minimum absolute atomic E-state index is 0.00892. The predicted octanol–water partition coefficient (Wildman–Crippen LogP) is 1.90. The Bertz CT molecular complexity index is 1590. The molecule has 5 amide bonds. The number of pyridine rings is 1. The first-order valence-corrected chi connectivity index (χ1v) is 15.4. The van der Waals surface area contributed by atoms with Crippen LogP contribution >= 0.6 is 0 Å². The Hall–Kier alpha value is -5.27. The first-order valence-electron chi connectivity index (χ1n) is 15.4. The lowest BCUT2D eigenvalue weighted by Gasteiger charge is -2.55. The summed E-state index contributed by atoms with van der Waals surface area (Å²) in [4.78, 5) is 62.1. The number of hydrogen-bond acceptors (Lipinski definition) is 8. The van der Waals surface area contributed by atoms with Crippen LogP contribution in [0.2, 0.25) is 0 Å². The first kappa shape index (κ1) is 33.1. The minimum Gasteiger partial charge on any atom is -0.508 e. The SMILES string of the molecule is C=CCN1CC(=O)N2[C@@H](Cc3ccc(O)cc3)C(=O)N(Cc3cccc(C(=O)NCCOC)n3)C[C@@H]2N1C(=O)NCc1ccccc1. The lowest BCUT2D eigenvalue weighted by Crippen LogP contribution is -2.76. The highest BCUT2D eigenvalue weighted by Crippen LogP contribution is 2.29. The normalized spacial score (nSPS) is 18.1. The molecule has 3 heterocycles. The van der Waals surface area contributed by atoms with Gasteiger partial charge in [0.15, 0.2) is 0 Å². The van der Waals surface area contributed by atoms with E-state index in [1.807, 2.05) is 30.3 Å². The Labute approximate surface area is 273 Å². The summed E-state index contributed by atoms with van der Waals surface area (Å²) in [6.45, 7) is 4.92. The number of phenols is 1. The number of amides is 5. The molecular formula is C34H39N7O6. The second kappa shape index (κ2) is 15.3. The second-order valence-electron chi connectivity index (χ2n) is 11.3. The largest absolute Gasteiger partial charge is 0.508 e. The van der Waals surface area contributed by atoms with Gasteiger partial charge in [-0.05, 0) is 35.4 Å². The van der Waals surface area contributed by atoms with Gasteiger partial charge in [-0.2, -0.15) is 0 Å². The van der Waals surface area contributed by atoms with E-state index in [9.17, 15) is 24.3 Å². The smallest absolute Gasteiger partial charge is 0.334 e. The maximum absolute atomic E-state index is 14.2. The van der Waals surface area contributed by atoms with Crippen LogP contribution in [-0.2, 0) is 33.8 Å². The molecule has 2 aromatic carbocycles. The topological polar surface area (TPSA) is 148 Å². The molecule has 2 atom stereocenters. The third-order valence-electron chi connectivity index (χ3n) is 8.01. The van der Waals surface area contributed by atoms with Crippen LogP contribution in [0.3, 0.4) is 0 Å². The Kier molecular flexibility index (Phi) is 10.8. The zero-order chi connectivity index (χ0) is 33.3. The standard InChI is InChI=1S/C34H39N7O6/c1-3-17-39-23-31(43)40-29(19-24-12-14-27(42)15-13-24)33(45)38(21-26-10-7-11-28(37-26)32(44)35-16-18-47-2)22-30(40)41(39)34(46)36-20-25-8-5-4-6-9-25/h3-15,29-30,42H,1,16-23H2,2H3,(H,35,44)(H,36,46)/t29-,30-/m0/s1. The summed E-state index contributed by atoms with van der Waals surface area (Å²) < 4.78 is 5.00. The van der Waals surface area contributed by atoms with Crippen LogP contribution < -0.4 is 10.6 Å². The molecule has 0 saturated carbocycles. The van der Waals surface area contributed by atoms with Crippen molar-refractivity contribution in [3.8, 4) is 5.75 Å². The number of aromatic hydroxyl groups is 1. The van der Waals surface area contributed by atoms with Gasteiger partial charge in [-0.15, -0.1) is 6.58 Å². The molecular weight excluding hydrogens is 602 g/mol. The zero-order valence-corrected chi connectivity index (χ0v) is 26.2. The van der Waals surface area contributed by atoms with Crippen molar-refractivity contribution >= 4 is 23.8 Å². The molecule has 1 aromatic heterocycles. The van der Waals surface area contributed by atoms with Crippen molar-refractivity contribution in [2.24, 2.45) is 0 Å². The Morgan fingerprint density at radius 1 is 1.02 bits per heavy atom. The van der Waals surface area contributed by atoms with Gasteiger partial charge in [-0.25, -0.2) is 19.8 Å². The van der Waals surface area contributed by atoms with Crippen LogP contribution in [0.25, 0.3) is 0 Å². The lowest BCUT2D eigenvalue weighted by atomic mass is 9.98. The van der Waals surface area contributed by atoms with Gasteiger partial charge >= 0.3 is 6.03 Å². The number of carbonyl (C=O) groups excluding carboxylic acids is 4. The van der Waals surface area contributed by atoms with Gasteiger partial charge < -0.3 is 30.3 Å². The summed E-state index contributed by atoms with van der Waals surface area (Å²) in [5.41, 5.74) is 2.30. The van der Waals surface area contributed by atoms with Crippen LogP contribution in [0.5, 0.6) is 5.75 Å². The van der Waals surface area contributed by atoms with Crippen LogP contribution in [0, 0.1) is 0 Å². The molecule has 2 fully saturated rings. The number of ether oxygens (including phenoxy) is 1. The molecule has 0 spiro atoms. The summed E-state index contributed by atoms with van der Waals surface area (Å²) in [6.07, 6.45) is 0.939. The number of carbonyl (C=O) groups is 4. The van der Waals surface area contributed by atoms with Gasteiger partial charge in [0.2, 0.25) is 11.8 Å². The molecule has 0 radical (unpaired) electrons. The molecule has 3 aromatic rings. The molecule has 5 rings (SSSR count). The van der Waals surface area contributed by atoms with E-state index >= 15 is 0 Å². The highest BCUT2D eigenvalue weighted by Gasteiger charge is 2.51. The van der Waals surface area contributed by atoms with E-state index < -0.39 is 18.2 Å². The number of hydrogen-bond donors (Lipinski definition) is 3. The van der Waals surface area contributed by atoms with E-state index in [1.54, 1.807) is 53.4 Å². The van der Waals surface area contributed by atoms with Crippen molar-refractivity contribution in [3.63, 3.8) is 0 Å². The van der Waals surface area contributed by atoms with E-state index in [4.69, 9.17) is 4.74 Å². The fourth-order valence-corrected chi connectivity index (χ4v) is 5.80.